The number of nitrogens with one attached hydrogen (secondary N) is 3. The number of carbonyl (C=O) groups is 3. The molecule has 10 heteroatoms. The van der Waals surface area contributed by atoms with E-state index in [9.17, 15) is 14.4 Å². The summed E-state index contributed by atoms with van der Waals surface area (Å²) in [5, 5.41) is 8.44. The number of methoxy groups -OCH3 is 1. The van der Waals surface area contributed by atoms with Gasteiger partial charge in [-0.1, -0.05) is 43.2 Å². The minimum Gasteiger partial charge on any atom is -0.453 e. The fraction of sp³-hybridized carbons (Fsp3) is 0.429. The highest BCUT2D eigenvalue weighted by molar-refractivity contribution is 6.11. The van der Waals surface area contributed by atoms with E-state index in [1.165, 1.54) is 7.11 Å². The van der Waals surface area contributed by atoms with Gasteiger partial charge in [0.25, 0.3) is 5.91 Å². The van der Waals surface area contributed by atoms with Gasteiger partial charge in [0.1, 0.15) is 0 Å². The van der Waals surface area contributed by atoms with Crippen LogP contribution in [0.5, 0.6) is 0 Å². The van der Waals surface area contributed by atoms with E-state index in [0.717, 1.165) is 42.1 Å². The average molecular weight is 517 g/mol. The van der Waals surface area contributed by atoms with E-state index in [4.69, 9.17) is 4.74 Å². The quantitative estimate of drug-likeness (QED) is 0.478. The van der Waals surface area contributed by atoms with Crippen LogP contribution >= 0.6 is 0 Å². The fourth-order valence-corrected chi connectivity index (χ4v) is 6.17. The Morgan fingerprint density at radius 2 is 1.84 bits per heavy atom. The molecule has 1 saturated carbocycles. The highest BCUT2D eigenvalue weighted by atomic mass is 16.5. The van der Waals surface area contributed by atoms with Crippen LogP contribution in [-0.4, -0.2) is 52.8 Å². The van der Waals surface area contributed by atoms with Crippen LogP contribution in [0.25, 0.3) is 10.9 Å². The van der Waals surface area contributed by atoms with Crippen molar-refractivity contribution < 1.29 is 19.1 Å². The molecule has 3 fully saturated rings. The number of fused-ring (bicyclic) bond motifs is 2. The Balaban J connectivity index is 1.15. The average Bonchev–Trinajstić information content (AvgIpc) is 3.30. The van der Waals surface area contributed by atoms with Gasteiger partial charge in [-0.15, -0.1) is 0 Å². The lowest BCUT2D eigenvalue weighted by Crippen LogP contribution is -2.55. The molecule has 3 N–H and O–H groups in total. The number of aromatic nitrogens is 2. The fourth-order valence-electron chi connectivity index (χ4n) is 6.17. The molecule has 6 rings (SSSR count). The van der Waals surface area contributed by atoms with Crippen molar-refractivity contribution in [2.45, 2.75) is 38.3 Å². The lowest BCUT2D eigenvalue weighted by atomic mass is 9.72. The van der Waals surface area contributed by atoms with Crippen molar-refractivity contribution >= 4 is 34.5 Å². The van der Waals surface area contributed by atoms with Gasteiger partial charge in [-0.05, 0) is 42.5 Å². The van der Waals surface area contributed by atoms with Crippen LogP contribution in [0.15, 0.2) is 48.5 Å². The van der Waals surface area contributed by atoms with Crippen LogP contribution in [0.3, 0.4) is 0 Å². The second-order valence-corrected chi connectivity index (χ2v) is 10.5. The number of carbonyl (C=O) groups excluding carboxylic acids is 3. The van der Waals surface area contributed by atoms with Crippen LogP contribution in [0.1, 0.15) is 47.8 Å². The van der Waals surface area contributed by atoms with E-state index in [0.29, 0.717) is 31.0 Å². The molecule has 198 valence electrons. The summed E-state index contributed by atoms with van der Waals surface area (Å²) in [7, 11) is 1.38. The second kappa shape index (κ2) is 10.1. The van der Waals surface area contributed by atoms with E-state index in [1.807, 2.05) is 53.2 Å². The molecule has 3 atom stereocenters. The van der Waals surface area contributed by atoms with Gasteiger partial charge >= 0.3 is 6.09 Å². The van der Waals surface area contributed by atoms with E-state index in [1.54, 1.807) is 4.90 Å². The maximum absolute atomic E-state index is 13.3. The van der Waals surface area contributed by atoms with Crippen molar-refractivity contribution in [2.75, 3.05) is 25.5 Å². The predicted molar refractivity (Wildman–Crippen MR) is 141 cm³/mol. The Morgan fingerprint density at radius 1 is 1.08 bits per heavy atom. The molecule has 3 heterocycles. The zero-order valence-corrected chi connectivity index (χ0v) is 21.4. The molecule has 2 aliphatic heterocycles. The topological polar surface area (TPSA) is 118 Å². The van der Waals surface area contributed by atoms with Crippen molar-refractivity contribution in [3.8, 4) is 0 Å². The number of hydrogen-bond donors (Lipinski definition) is 3. The summed E-state index contributed by atoms with van der Waals surface area (Å²) in [4.78, 5) is 38.9. The van der Waals surface area contributed by atoms with E-state index in [-0.39, 0.29) is 41.7 Å². The van der Waals surface area contributed by atoms with Gasteiger partial charge in [-0.2, -0.15) is 5.10 Å². The molecule has 2 aromatic carbocycles. The first-order chi connectivity index (χ1) is 18.5. The van der Waals surface area contributed by atoms with Crippen molar-refractivity contribution in [3.63, 3.8) is 0 Å². The molecule has 3 aliphatic rings. The Labute approximate surface area is 220 Å². The minimum absolute atomic E-state index is 0.0567. The van der Waals surface area contributed by atoms with Gasteiger partial charge in [0, 0.05) is 42.5 Å². The highest BCUT2D eigenvalue weighted by Gasteiger charge is 2.40. The Bertz CT molecular complexity index is 1360. The lowest BCUT2D eigenvalue weighted by Gasteiger charge is -2.41. The monoisotopic (exact) mass is 516 g/mol. The van der Waals surface area contributed by atoms with Crippen LogP contribution in [0, 0.1) is 17.8 Å². The van der Waals surface area contributed by atoms with E-state index < -0.39 is 0 Å². The van der Waals surface area contributed by atoms with Crippen LogP contribution < -0.4 is 16.2 Å². The number of ether oxygens (including phenoxy) is 1. The highest BCUT2D eigenvalue weighted by Crippen LogP contribution is 2.40. The van der Waals surface area contributed by atoms with Crippen LogP contribution in [-0.2, 0) is 16.1 Å². The summed E-state index contributed by atoms with van der Waals surface area (Å²) in [5.41, 5.74) is 9.09. The van der Waals surface area contributed by atoms with Crippen molar-refractivity contribution in [2.24, 2.45) is 17.8 Å². The number of anilines is 1. The summed E-state index contributed by atoms with van der Waals surface area (Å²) in [6, 6.07) is 15.6. The van der Waals surface area contributed by atoms with E-state index >= 15 is 0 Å². The standard InChI is InChI=1S/C28H32N6O4/c1-38-28(37)33-14-17(15-33)16-34-23-9-5-4-8-22(23)25(32-34)27(36)29-19-12-10-18(11-13-19)24-20-6-2-3-7-21(20)26(35)31-30-24/h4-5,8-13,17,20-21,24,30H,2-3,6-7,14-16H2,1H3,(H,29,36)(H,31,35). The smallest absolute Gasteiger partial charge is 0.409 e. The summed E-state index contributed by atoms with van der Waals surface area (Å²) < 4.78 is 6.63. The molecule has 1 aliphatic carbocycles. The second-order valence-electron chi connectivity index (χ2n) is 10.5. The molecule has 38 heavy (non-hydrogen) atoms. The first-order valence-electron chi connectivity index (χ1n) is 13.3. The summed E-state index contributed by atoms with van der Waals surface area (Å²) in [6.45, 7) is 1.83. The number of rotatable bonds is 5. The van der Waals surface area contributed by atoms with Crippen molar-refractivity contribution in [3.05, 3.63) is 59.8 Å². The first kappa shape index (κ1) is 24.4. The van der Waals surface area contributed by atoms with Crippen LogP contribution in [0.2, 0.25) is 0 Å². The first-order valence-corrected chi connectivity index (χ1v) is 13.3. The number of amides is 3. The van der Waals surface area contributed by atoms with Gasteiger partial charge in [0.2, 0.25) is 5.91 Å². The minimum atomic E-state index is -0.319. The van der Waals surface area contributed by atoms with Gasteiger partial charge in [0.05, 0.1) is 18.7 Å². The third-order valence-corrected chi connectivity index (χ3v) is 8.16. The Kier molecular flexibility index (Phi) is 6.49. The summed E-state index contributed by atoms with van der Waals surface area (Å²) in [6.07, 6.45) is 3.90. The summed E-state index contributed by atoms with van der Waals surface area (Å²) >= 11 is 0. The van der Waals surface area contributed by atoms with Crippen LogP contribution in [0.4, 0.5) is 10.5 Å². The molecule has 0 radical (unpaired) electrons. The summed E-state index contributed by atoms with van der Waals surface area (Å²) in [5.74, 6) is 0.417. The SMILES string of the molecule is COC(=O)N1CC(Cn2nc(C(=O)Nc3ccc(C4NNC(=O)C5CCCCC54)cc3)c3ccccc32)C1. The molecule has 2 saturated heterocycles. The van der Waals surface area contributed by atoms with Gasteiger partial charge < -0.3 is 15.0 Å². The molecule has 1 aromatic heterocycles. The predicted octanol–water partition coefficient (Wildman–Crippen LogP) is 3.47. The number of benzene rings is 2. The zero-order chi connectivity index (χ0) is 26.2. The molecule has 3 unspecified atom stereocenters. The Hall–Kier alpha value is -3.92. The molecular weight excluding hydrogens is 484 g/mol. The van der Waals surface area contributed by atoms with Gasteiger partial charge in [-0.3, -0.25) is 19.7 Å². The zero-order valence-electron chi connectivity index (χ0n) is 21.4. The number of likely N-dealkylation sites (tertiary alicyclic amines) is 1. The largest absolute Gasteiger partial charge is 0.453 e. The normalized spacial score (nSPS) is 23.3. The third kappa shape index (κ3) is 4.49. The maximum Gasteiger partial charge on any atom is 0.409 e. The molecule has 3 aromatic rings. The van der Waals surface area contributed by atoms with Crippen molar-refractivity contribution in [1.82, 2.24) is 25.5 Å². The molecular formula is C28H32N6O4. The molecule has 3 amide bonds. The Morgan fingerprint density at radius 3 is 2.63 bits per heavy atom. The third-order valence-electron chi connectivity index (χ3n) is 8.16. The number of nitrogens with zero attached hydrogens (tertiary/aromatic N) is 3. The van der Waals surface area contributed by atoms with E-state index in [2.05, 4.69) is 21.3 Å². The van der Waals surface area contributed by atoms with Gasteiger partial charge in [0.15, 0.2) is 5.69 Å². The maximum atomic E-state index is 13.3. The number of hydrazine groups is 1. The lowest BCUT2D eigenvalue weighted by molar-refractivity contribution is -0.133. The number of hydrogen-bond acceptors (Lipinski definition) is 6. The van der Waals surface area contributed by atoms with Gasteiger partial charge in [-0.25, -0.2) is 10.2 Å². The molecule has 10 nitrogen and oxygen atoms in total. The van der Waals surface area contributed by atoms with Crippen molar-refractivity contribution in [1.29, 1.82) is 0 Å². The molecule has 0 bridgehead atoms. The number of para-hydroxylation sites is 1. The molecule has 0 spiro atoms.